The van der Waals surface area contributed by atoms with Crippen LogP contribution in [-0.4, -0.2) is 98.4 Å². The van der Waals surface area contributed by atoms with E-state index in [2.05, 4.69) is 30.6 Å². The molecule has 3 aliphatic heterocycles. The number of fused-ring (bicyclic) bond motifs is 2. The number of methoxy groups -OCH3 is 1. The standard InChI is InChI=1S/C18H33N3O3/c1-17(2,3)5-6-19-12-18(13-19)14-20(16(22)11-23-4)9-15-10-24-8-7-21(15)18/h15H,5-14H2,1-4H3/t15-/m1/s1. The summed E-state index contributed by atoms with van der Waals surface area (Å²) < 4.78 is 10.7. The van der Waals surface area contributed by atoms with Crippen LogP contribution in [-0.2, 0) is 14.3 Å². The SMILES string of the molecule is COCC(=O)N1C[C@@H]2COCCN2C2(CN(CCC(C)(C)C)C2)C1. The van der Waals surface area contributed by atoms with Gasteiger partial charge in [0.15, 0.2) is 0 Å². The zero-order chi connectivity index (χ0) is 17.4. The Morgan fingerprint density at radius 2 is 2.04 bits per heavy atom. The molecular formula is C18H33N3O3. The minimum atomic E-state index is 0.107. The molecule has 24 heavy (non-hydrogen) atoms. The Morgan fingerprint density at radius 1 is 1.29 bits per heavy atom. The van der Waals surface area contributed by atoms with Crippen LogP contribution in [0.4, 0.5) is 0 Å². The highest BCUT2D eigenvalue weighted by Gasteiger charge is 2.54. The summed E-state index contributed by atoms with van der Waals surface area (Å²) in [5.74, 6) is 0.107. The van der Waals surface area contributed by atoms with Crippen LogP contribution in [0, 0.1) is 5.41 Å². The number of carbonyl (C=O) groups is 1. The molecule has 0 aromatic carbocycles. The predicted octanol–water partition coefficient (Wildman–Crippen LogP) is 0.666. The van der Waals surface area contributed by atoms with Gasteiger partial charge >= 0.3 is 0 Å². The zero-order valence-electron chi connectivity index (χ0n) is 15.7. The summed E-state index contributed by atoms with van der Waals surface area (Å²) in [7, 11) is 1.59. The van der Waals surface area contributed by atoms with Gasteiger partial charge in [0.2, 0.25) is 5.91 Å². The Morgan fingerprint density at radius 3 is 2.71 bits per heavy atom. The first kappa shape index (κ1) is 18.1. The van der Waals surface area contributed by atoms with Gasteiger partial charge in [0.05, 0.1) is 24.8 Å². The van der Waals surface area contributed by atoms with Gasteiger partial charge in [-0.05, 0) is 18.4 Å². The fraction of sp³-hybridized carbons (Fsp3) is 0.944. The van der Waals surface area contributed by atoms with Crippen LogP contribution < -0.4 is 0 Å². The second-order valence-corrected chi connectivity index (χ2v) is 8.88. The second-order valence-electron chi connectivity index (χ2n) is 8.88. The lowest BCUT2D eigenvalue weighted by Gasteiger charge is -2.63. The Hall–Kier alpha value is -0.690. The highest BCUT2D eigenvalue weighted by molar-refractivity contribution is 5.77. The van der Waals surface area contributed by atoms with E-state index < -0.39 is 0 Å². The summed E-state index contributed by atoms with van der Waals surface area (Å²) >= 11 is 0. The molecule has 0 N–H and O–H groups in total. The molecule has 138 valence electrons. The van der Waals surface area contributed by atoms with Crippen LogP contribution in [0.5, 0.6) is 0 Å². The van der Waals surface area contributed by atoms with Gasteiger partial charge in [0, 0.05) is 39.8 Å². The third-order valence-corrected chi connectivity index (χ3v) is 5.59. The number of hydrogen-bond donors (Lipinski definition) is 0. The number of carbonyl (C=O) groups excluding carboxylic acids is 1. The first-order valence-corrected chi connectivity index (χ1v) is 9.17. The summed E-state index contributed by atoms with van der Waals surface area (Å²) in [5.41, 5.74) is 0.491. The van der Waals surface area contributed by atoms with E-state index >= 15 is 0 Å². The first-order valence-electron chi connectivity index (χ1n) is 9.17. The van der Waals surface area contributed by atoms with Crippen molar-refractivity contribution in [3.63, 3.8) is 0 Å². The van der Waals surface area contributed by atoms with E-state index in [9.17, 15) is 4.79 Å². The summed E-state index contributed by atoms with van der Waals surface area (Å²) in [6, 6.07) is 0.332. The van der Waals surface area contributed by atoms with E-state index in [0.29, 0.717) is 11.5 Å². The van der Waals surface area contributed by atoms with Crippen molar-refractivity contribution >= 4 is 5.91 Å². The molecule has 0 bridgehead atoms. The Balaban J connectivity index is 1.65. The Labute approximate surface area is 146 Å². The summed E-state index contributed by atoms with van der Waals surface area (Å²) in [6.07, 6.45) is 1.21. The molecule has 6 nitrogen and oxygen atoms in total. The van der Waals surface area contributed by atoms with E-state index in [-0.39, 0.29) is 18.1 Å². The van der Waals surface area contributed by atoms with Crippen LogP contribution in [0.25, 0.3) is 0 Å². The van der Waals surface area contributed by atoms with Gasteiger partial charge in [-0.15, -0.1) is 0 Å². The summed E-state index contributed by atoms with van der Waals surface area (Å²) in [4.78, 5) is 19.5. The highest BCUT2D eigenvalue weighted by Crippen LogP contribution is 2.36. The number of morpholine rings is 1. The fourth-order valence-corrected chi connectivity index (χ4v) is 4.32. The third-order valence-electron chi connectivity index (χ3n) is 5.59. The van der Waals surface area contributed by atoms with E-state index in [1.807, 2.05) is 4.90 Å². The molecule has 1 atom stereocenters. The minimum absolute atomic E-state index is 0.107. The smallest absolute Gasteiger partial charge is 0.248 e. The molecule has 1 spiro atoms. The lowest BCUT2D eigenvalue weighted by molar-refractivity contribution is -0.177. The lowest BCUT2D eigenvalue weighted by atomic mass is 9.81. The molecule has 1 amide bonds. The van der Waals surface area contributed by atoms with Crippen LogP contribution in [0.1, 0.15) is 27.2 Å². The molecule has 3 saturated heterocycles. The zero-order valence-corrected chi connectivity index (χ0v) is 15.7. The van der Waals surface area contributed by atoms with Crippen LogP contribution in [0.3, 0.4) is 0 Å². The number of ether oxygens (including phenoxy) is 2. The van der Waals surface area contributed by atoms with Gasteiger partial charge in [-0.25, -0.2) is 0 Å². The van der Waals surface area contributed by atoms with Crippen molar-refractivity contribution in [1.82, 2.24) is 14.7 Å². The highest BCUT2D eigenvalue weighted by atomic mass is 16.5. The van der Waals surface area contributed by atoms with Gasteiger partial charge in [-0.3, -0.25) is 14.6 Å². The second kappa shape index (κ2) is 6.90. The topological polar surface area (TPSA) is 45.2 Å². The Bertz CT molecular complexity index is 457. The van der Waals surface area contributed by atoms with Crippen molar-refractivity contribution in [2.24, 2.45) is 5.41 Å². The average molecular weight is 339 g/mol. The van der Waals surface area contributed by atoms with Gasteiger partial charge in [-0.2, -0.15) is 0 Å². The van der Waals surface area contributed by atoms with Crippen LogP contribution >= 0.6 is 0 Å². The quantitative estimate of drug-likeness (QED) is 0.753. The monoisotopic (exact) mass is 339 g/mol. The van der Waals surface area contributed by atoms with E-state index in [1.54, 1.807) is 7.11 Å². The number of nitrogens with zero attached hydrogens (tertiary/aromatic N) is 3. The van der Waals surface area contributed by atoms with Crippen molar-refractivity contribution in [1.29, 1.82) is 0 Å². The van der Waals surface area contributed by atoms with Gasteiger partial charge in [-0.1, -0.05) is 20.8 Å². The number of likely N-dealkylation sites (tertiary alicyclic amines) is 1. The maximum Gasteiger partial charge on any atom is 0.248 e. The number of rotatable bonds is 4. The predicted molar refractivity (Wildman–Crippen MR) is 93.0 cm³/mol. The van der Waals surface area contributed by atoms with Crippen molar-refractivity contribution in [2.75, 3.05) is 66.2 Å². The van der Waals surface area contributed by atoms with E-state index in [1.165, 1.54) is 6.42 Å². The molecule has 0 unspecified atom stereocenters. The number of piperazine rings is 1. The molecule has 0 aliphatic carbocycles. The first-order chi connectivity index (χ1) is 11.3. The number of amides is 1. The van der Waals surface area contributed by atoms with Gasteiger partial charge in [0.25, 0.3) is 0 Å². The maximum absolute atomic E-state index is 12.4. The average Bonchev–Trinajstić information content (AvgIpc) is 2.49. The van der Waals surface area contributed by atoms with Gasteiger partial charge in [0.1, 0.15) is 6.61 Å². The van der Waals surface area contributed by atoms with Crippen molar-refractivity contribution in [3.05, 3.63) is 0 Å². The largest absolute Gasteiger partial charge is 0.378 e. The fourth-order valence-electron chi connectivity index (χ4n) is 4.32. The molecular weight excluding hydrogens is 306 g/mol. The van der Waals surface area contributed by atoms with E-state index in [0.717, 1.165) is 52.5 Å². The van der Waals surface area contributed by atoms with Crippen molar-refractivity contribution in [3.8, 4) is 0 Å². The molecule has 0 aromatic heterocycles. The lowest BCUT2D eigenvalue weighted by Crippen LogP contribution is -2.81. The van der Waals surface area contributed by atoms with Crippen molar-refractivity contribution in [2.45, 2.75) is 38.8 Å². The molecule has 3 aliphatic rings. The van der Waals surface area contributed by atoms with Crippen LogP contribution in [0.15, 0.2) is 0 Å². The molecule has 0 saturated carbocycles. The third kappa shape index (κ3) is 3.77. The van der Waals surface area contributed by atoms with Crippen LogP contribution in [0.2, 0.25) is 0 Å². The summed E-state index contributed by atoms with van der Waals surface area (Å²) in [5, 5.41) is 0. The molecule has 3 heterocycles. The van der Waals surface area contributed by atoms with E-state index in [4.69, 9.17) is 9.47 Å². The van der Waals surface area contributed by atoms with Gasteiger partial charge < -0.3 is 14.4 Å². The summed E-state index contributed by atoms with van der Waals surface area (Å²) in [6.45, 7) is 14.5. The molecule has 0 radical (unpaired) electrons. The Kier molecular flexibility index (Phi) is 5.21. The number of hydrogen-bond acceptors (Lipinski definition) is 5. The molecule has 3 fully saturated rings. The molecule has 3 rings (SSSR count). The normalized spacial score (nSPS) is 27.8. The molecule has 6 heteroatoms. The minimum Gasteiger partial charge on any atom is -0.378 e. The molecule has 0 aromatic rings. The maximum atomic E-state index is 12.4. The van der Waals surface area contributed by atoms with Crippen molar-refractivity contribution < 1.29 is 14.3 Å².